The second-order valence-electron chi connectivity index (χ2n) is 7.57. The summed E-state index contributed by atoms with van der Waals surface area (Å²) >= 11 is 0. The smallest absolute Gasteiger partial charge is 0.263 e. The molecule has 0 spiro atoms. The van der Waals surface area contributed by atoms with Crippen molar-refractivity contribution < 1.29 is 9.53 Å². The SMILES string of the molecule is CCOc1nc2nc(C)cn2cc1C(=O)Nc1cnc(N2C[C@@H](C)N[C@@H](C)C2)cn1.Cl. The highest BCUT2D eigenvalue weighted by Crippen LogP contribution is 2.20. The van der Waals surface area contributed by atoms with Crippen LogP contribution in [0.15, 0.2) is 24.8 Å². The van der Waals surface area contributed by atoms with Crippen molar-refractivity contribution in [1.82, 2.24) is 29.7 Å². The van der Waals surface area contributed by atoms with Gasteiger partial charge in [-0.2, -0.15) is 4.98 Å². The van der Waals surface area contributed by atoms with E-state index in [2.05, 4.69) is 49.3 Å². The lowest BCUT2D eigenvalue weighted by atomic mass is 10.1. The third-order valence-corrected chi connectivity index (χ3v) is 4.82. The average Bonchev–Trinajstić information content (AvgIpc) is 3.06. The van der Waals surface area contributed by atoms with Crippen molar-refractivity contribution in [3.63, 3.8) is 0 Å². The molecule has 166 valence electrons. The Balaban J connectivity index is 0.00000272. The predicted molar refractivity (Wildman–Crippen MR) is 120 cm³/mol. The first-order chi connectivity index (χ1) is 14.4. The quantitative estimate of drug-likeness (QED) is 0.613. The molecule has 4 heterocycles. The highest BCUT2D eigenvalue weighted by Gasteiger charge is 2.22. The minimum atomic E-state index is -0.370. The van der Waals surface area contributed by atoms with E-state index in [4.69, 9.17) is 4.74 Å². The fraction of sp³-hybridized carbons (Fsp3) is 0.450. The van der Waals surface area contributed by atoms with Gasteiger partial charge in [0, 0.05) is 37.6 Å². The Labute approximate surface area is 186 Å². The van der Waals surface area contributed by atoms with E-state index in [-0.39, 0.29) is 24.2 Å². The van der Waals surface area contributed by atoms with Crippen molar-refractivity contribution in [2.75, 3.05) is 29.9 Å². The van der Waals surface area contributed by atoms with Crippen molar-refractivity contribution in [3.8, 4) is 5.88 Å². The Morgan fingerprint density at radius 3 is 2.58 bits per heavy atom. The van der Waals surface area contributed by atoms with Crippen molar-refractivity contribution in [3.05, 3.63) is 36.0 Å². The van der Waals surface area contributed by atoms with Crippen LogP contribution in [0.2, 0.25) is 0 Å². The molecular formula is C20H27ClN8O2. The van der Waals surface area contributed by atoms with Crippen LogP contribution < -0.4 is 20.3 Å². The summed E-state index contributed by atoms with van der Waals surface area (Å²) < 4.78 is 7.26. The zero-order valence-corrected chi connectivity index (χ0v) is 18.8. The highest BCUT2D eigenvalue weighted by molar-refractivity contribution is 6.05. The monoisotopic (exact) mass is 446 g/mol. The van der Waals surface area contributed by atoms with E-state index in [0.717, 1.165) is 24.6 Å². The zero-order valence-electron chi connectivity index (χ0n) is 18.0. The molecule has 11 heteroatoms. The summed E-state index contributed by atoms with van der Waals surface area (Å²) in [4.78, 5) is 32.6. The van der Waals surface area contributed by atoms with Gasteiger partial charge in [0.15, 0.2) is 5.82 Å². The number of hydrogen-bond acceptors (Lipinski definition) is 8. The molecule has 3 aromatic rings. The number of hydrogen-bond donors (Lipinski definition) is 2. The van der Waals surface area contributed by atoms with Crippen LogP contribution in [-0.4, -0.2) is 62.0 Å². The van der Waals surface area contributed by atoms with E-state index in [0.29, 0.717) is 35.8 Å². The second kappa shape index (κ2) is 9.44. The molecule has 0 aliphatic carbocycles. The number of amides is 1. The molecule has 0 bridgehead atoms. The molecule has 0 saturated carbocycles. The van der Waals surface area contributed by atoms with Crippen LogP contribution in [-0.2, 0) is 0 Å². The summed E-state index contributed by atoms with van der Waals surface area (Å²) in [5, 5.41) is 6.27. The van der Waals surface area contributed by atoms with Gasteiger partial charge in [-0.15, -0.1) is 12.4 Å². The van der Waals surface area contributed by atoms with Gasteiger partial charge in [0.05, 0.1) is 24.7 Å². The first-order valence-corrected chi connectivity index (χ1v) is 10.1. The number of imidazole rings is 1. The Bertz CT molecular complexity index is 1050. The average molecular weight is 447 g/mol. The molecule has 2 N–H and O–H groups in total. The Hall–Kier alpha value is -2.98. The molecule has 3 aromatic heterocycles. The number of fused-ring (bicyclic) bond motifs is 1. The number of ether oxygens (including phenoxy) is 1. The van der Waals surface area contributed by atoms with Gasteiger partial charge in [0.25, 0.3) is 5.91 Å². The lowest BCUT2D eigenvalue weighted by Crippen LogP contribution is -2.54. The number of carbonyl (C=O) groups excluding carboxylic acids is 1. The van der Waals surface area contributed by atoms with E-state index in [1.807, 2.05) is 13.8 Å². The van der Waals surface area contributed by atoms with E-state index in [9.17, 15) is 4.79 Å². The fourth-order valence-corrected chi connectivity index (χ4v) is 3.68. The van der Waals surface area contributed by atoms with Gasteiger partial charge in [-0.25, -0.2) is 15.0 Å². The van der Waals surface area contributed by atoms with Crippen LogP contribution in [0.1, 0.15) is 36.8 Å². The summed E-state index contributed by atoms with van der Waals surface area (Å²) in [6.07, 6.45) is 6.72. The van der Waals surface area contributed by atoms with Crippen LogP contribution in [0, 0.1) is 6.92 Å². The molecule has 31 heavy (non-hydrogen) atoms. The first-order valence-electron chi connectivity index (χ1n) is 10.1. The molecule has 0 radical (unpaired) electrons. The summed E-state index contributed by atoms with van der Waals surface area (Å²) in [5.74, 6) is 1.51. The molecule has 1 saturated heterocycles. The normalized spacial score (nSPS) is 18.5. The summed E-state index contributed by atoms with van der Waals surface area (Å²) in [6, 6.07) is 0.752. The molecule has 0 aromatic carbocycles. The van der Waals surface area contributed by atoms with E-state index in [1.165, 1.54) is 0 Å². The topological polar surface area (TPSA) is 110 Å². The molecule has 4 rings (SSSR count). The van der Waals surface area contributed by atoms with Gasteiger partial charge in [-0.3, -0.25) is 9.20 Å². The Kier molecular flexibility index (Phi) is 6.91. The number of nitrogens with zero attached hydrogens (tertiary/aromatic N) is 6. The molecule has 1 fully saturated rings. The minimum Gasteiger partial charge on any atom is -0.477 e. The molecular weight excluding hydrogens is 420 g/mol. The maximum atomic E-state index is 12.9. The van der Waals surface area contributed by atoms with Gasteiger partial charge < -0.3 is 20.3 Å². The molecule has 2 atom stereocenters. The van der Waals surface area contributed by atoms with E-state index in [1.54, 1.807) is 29.2 Å². The summed E-state index contributed by atoms with van der Waals surface area (Å²) in [7, 11) is 0. The number of anilines is 2. The standard InChI is InChI=1S/C20H26N8O2.ClH/c1-5-30-19-15(11-28-10-14(4)24-20(28)26-19)18(29)25-16-6-22-17(7-21-16)27-8-12(2)23-13(3)9-27;/h6-7,10-13,23H,5,8-9H2,1-4H3,(H,21,25,29);1H/t12-,13+;. The summed E-state index contributed by atoms with van der Waals surface area (Å²) in [6.45, 7) is 10.1. The third-order valence-electron chi connectivity index (χ3n) is 4.82. The molecule has 1 amide bonds. The second-order valence-corrected chi connectivity index (χ2v) is 7.57. The van der Waals surface area contributed by atoms with Crippen LogP contribution in [0.5, 0.6) is 5.88 Å². The number of piperazine rings is 1. The highest BCUT2D eigenvalue weighted by atomic mass is 35.5. The lowest BCUT2D eigenvalue weighted by molar-refractivity contribution is 0.102. The number of aromatic nitrogens is 5. The Morgan fingerprint density at radius 2 is 1.94 bits per heavy atom. The molecule has 0 unspecified atom stereocenters. The maximum absolute atomic E-state index is 12.9. The van der Waals surface area contributed by atoms with E-state index < -0.39 is 0 Å². The maximum Gasteiger partial charge on any atom is 0.263 e. The lowest BCUT2D eigenvalue weighted by Gasteiger charge is -2.36. The first kappa shape index (κ1) is 22.7. The van der Waals surface area contributed by atoms with Crippen LogP contribution in [0.3, 0.4) is 0 Å². The number of rotatable bonds is 5. The number of halogens is 1. The van der Waals surface area contributed by atoms with Crippen LogP contribution in [0.25, 0.3) is 5.78 Å². The van der Waals surface area contributed by atoms with Crippen LogP contribution in [0.4, 0.5) is 11.6 Å². The Morgan fingerprint density at radius 1 is 1.19 bits per heavy atom. The molecule has 10 nitrogen and oxygen atoms in total. The van der Waals surface area contributed by atoms with Gasteiger partial charge in [0.1, 0.15) is 11.4 Å². The van der Waals surface area contributed by atoms with Gasteiger partial charge in [-0.05, 0) is 27.7 Å². The van der Waals surface area contributed by atoms with Gasteiger partial charge >= 0.3 is 0 Å². The predicted octanol–water partition coefficient (Wildman–Crippen LogP) is 2.09. The molecule has 1 aliphatic heterocycles. The van der Waals surface area contributed by atoms with Crippen LogP contribution >= 0.6 is 12.4 Å². The fourth-order valence-electron chi connectivity index (χ4n) is 3.68. The molecule has 1 aliphatic rings. The van der Waals surface area contributed by atoms with Gasteiger partial charge in [0.2, 0.25) is 11.7 Å². The zero-order chi connectivity index (χ0) is 21.3. The minimum absolute atomic E-state index is 0. The summed E-state index contributed by atoms with van der Waals surface area (Å²) in [5.41, 5.74) is 1.11. The van der Waals surface area contributed by atoms with Crippen molar-refractivity contribution in [2.45, 2.75) is 39.8 Å². The van der Waals surface area contributed by atoms with Crippen molar-refractivity contribution >= 4 is 35.7 Å². The number of nitrogens with one attached hydrogen (secondary N) is 2. The van der Waals surface area contributed by atoms with Crippen molar-refractivity contribution in [1.29, 1.82) is 0 Å². The van der Waals surface area contributed by atoms with Gasteiger partial charge in [-0.1, -0.05) is 0 Å². The van der Waals surface area contributed by atoms with Crippen molar-refractivity contribution in [2.24, 2.45) is 0 Å². The number of aryl methyl sites for hydroxylation is 1. The third kappa shape index (κ3) is 5.02. The largest absolute Gasteiger partial charge is 0.477 e. The van der Waals surface area contributed by atoms with E-state index >= 15 is 0 Å². The number of carbonyl (C=O) groups is 1.